The van der Waals surface area contributed by atoms with E-state index in [-0.39, 0.29) is 11.8 Å². The fourth-order valence-corrected chi connectivity index (χ4v) is 4.64. The fraction of sp³-hybridized carbons (Fsp3) is 0.409. The molecule has 0 aromatic heterocycles. The molecule has 1 unspecified atom stereocenters. The largest absolute Gasteiger partial charge is 0.355 e. The second-order valence-corrected chi connectivity index (χ2v) is 9.24. The number of carbonyl (C=O) groups excluding carboxylic acids is 1. The van der Waals surface area contributed by atoms with Crippen molar-refractivity contribution in [3.8, 4) is 0 Å². The van der Waals surface area contributed by atoms with E-state index >= 15 is 0 Å². The van der Waals surface area contributed by atoms with Gasteiger partial charge in [-0.2, -0.15) is 0 Å². The molecule has 1 atom stereocenters. The van der Waals surface area contributed by atoms with Crippen LogP contribution in [0.1, 0.15) is 24.0 Å². The van der Waals surface area contributed by atoms with Crippen LogP contribution in [0.4, 0.5) is 0 Å². The lowest BCUT2D eigenvalue weighted by Crippen LogP contribution is -2.43. The molecular formula is C22H27BrN2OS. The Morgan fingerprint density at radius 1 is 1.26 bits per heavy atom. The molecule has 1 heterocycles. The van der Waals surface area contributed by atoms with E-state index in [9.17, 15) is 4.79 Å². The Kier molecular flexibility index (Phi) is 7.80. The Morgan fingerprint density at radius 3 is 2.85 bits per heavy atom. The molecule has 1 N–H and O–H groups in total. The summed E-state index contributed by atoms with van der Waals surface area (Å²) in [6, 6.07) is 17.0. The van der Waals surface area contributed by atoms with Gasteiger partial charge < -0.3 is 5.32 Å². The predicted octanol–water partition coefficient (Wildman–Crippen LogP) is 4.88. The number of piperidine rings is 1. The highest BCUT2D eigenvalue weighted by Gasteiger charge is 2.25. The number of rotatable bonds is 7. The average molecular weight is 447 g/mol. The van der Waals surface area contributed by atoms with E-state index in [2.05, 4.69) is 75.5 Å². The Hall–Kier alpha value is -1.30. The number of benzene rings is 2. The molecular weight excluding hydrogens is 420 g/mol. The standard InChI is InChI=1S/C22H27BrN2OS/c1-17-7-9-21(10-8-17)27-13-11-24-22(26)19-5-3-12-25(16-19)15-18-4-2-6-20(23)14-18/h2,4,6-10,14,19H,3,5,11-13,15-16H2,1H3,(H,24,26). The number of thioether (sulfide) groups is 1. The molecule has 2 aromatic rings. The molecule has 0 spiro atoms. The van der Waals surface area contributed by atoms with Gasteiger partial charge in [0.25, 0.3) is 0 Å². The van der Waals surface area contributed by atoms with Crippen molar-refractivity contribution in [1.29, 1.82) is 0 Å². The summed E-state index contributed by atoms with van der Waals surface area (Å²) < 4.78 is 1.11. The van der Waals surface area contributed by atoms with E-state index in [0.29, 0.717) is 0 Å². The van der Waals surface area contributed by atoms with Crippen molar-refractivity contribution in [3.05, 3.63) is 64.1 Å². The first-order chi connectivity index (χ1) is 13.1. The summed E-state index contributed by atoms with van der Waals surface area (Å²) in [6.07, 6.45) is 2.08. The van der Waals surface area contributed by atoms with Crippen LogP contribution in [0.2, 0.25) is 0 Å². The van der Waals surface area contributed by atoms with Gasteiger partial charge in [-0.3, -0.25) is 9.69 Å². The van der Waals surface area contributed by atoms with Gasteiger partial charge in [-0.25, -0.2) is 0 Å². The molecule has 1 aliphatic heterocycles. The summed E-state index contributed by atoms with van der Waals surface area (Å²) in [5.41, 5.74) is 2.57. The molecule has 0 radical (unpaired) electrons. The van der Waals surface area contributed by atoms with Gasteiger partial charge >= 0.3 is 0 Å². The van der Waals surface area contributed by atoms with Gasteiger partial charge in [0.1, 0.15) is 0 Å². The predicted molar refractivity (Wildman–Crippen MR) is 117 cm³/mol. The number of amides is 1. The number of aryl methyl sites for hydroxylation is 1. The van der Waals surface area contributed by atoms with Crippen LogP contribution in [0.5, 0.6) is 0 Å². The van der Waals surface area contributed by atoms with Crippen LogP contribution in [0.15, 0.2) is 57.9 Å². The molecule has 1 amide bonds. The maximum Gasteiger partial charge on any atom is 0.224 e. The van der Waals surface area contributed by atoms with Crippen molar-refractivity contribution in [2.75, 3.05) is 25.4 Å². The van der Waals surface area contributed by atoms with Gasteiger partial charge in [0.05, 0.1) is 5.92 Å². The van der Waals surface area contributed by atoms with E-state index in [1.54, 1.807) is 11.8 Å². The van der Waals surface area contributed by atoms with Gasteiger partial charge in [-0.05, 0) is 56.1 Å². The van der Waals surface area contributed by atoms with Crippen molar-refractivity contribution in [2.24, 2.45) is 5.92 Å². The first-order valence-electron chi connectivity index (χ1n) is 9.54. The lowest BCUT2D eigenvalue weighted by molar-refractivity contribution is -0.126. The number of nitrogens with zero attached hydrogens (tertiary/aromatic N) is 1. The van der Waals surface area contributed by atoms with Crippen molar-refractivity contribution in [2.45, 2.75) is 31.2 Å². The Balaban J connectivity index is 1.40. The van der Waals surface area contributed by atoms with Crippen molar-refractivity contribution in [1.82, 2.24) is 10.2 Å². The number of halogens is 1. The molecule has 0 aliphatic carbocycles. The fourth-order valence-electron chi connectivity index (χ4n) is 3.43. The third-order valence-electron chi connectivity index (χ3n) is 4.86. The molecule has 3 nitrogen and oxygen atoms in total. The molecule has 0 saturated carbocycles. The summed E-state index contributed by atoms with van der Waals surface area (Å²) in [7, 11) is 0. The second kappa shape index (κ2) is 10.3. The number of carbonyl (C=O) groups is 1. The van der Waals surface area contributed by atoms with Crippen LogP contribution >= 0.6 is 27.7 Å². The zero-order valence-corrected chi connectivity index (χ0v) is 18.2. The van der Waals surface area contributed by atoms with Crippen LogP contribution < -0.4 is 5.32 Å². The third kappa shape index (κ3) is 6.66. The quantitative estimate of drug-likeness (QED) is 0.485. The highest BCUT2D eigenvalue weighted by atomic mass is 79.9. The highest BCUT2D eigenvalue weighted by Crippen LogP contribution is 2.21. The van der Waals surface area contributed by atoms with Gasteiger partial charge in [-0.15, -0.1) is 11.8 Å². The smallest absolute Gasteiger partial charge is 0.224 e. The highest BCUT2D eigenvalue weighted by molar-refractivity contribution is 9.10. The zero-order valence-electron chi connectivity index (χ0n) is 15.8. The van der Waals surface area contributed by atoms with Crippen LogP contribution in [0.3, 0.4) is 0 Å². The number of hydrogen-bond donors (Lipinski definition) is 1. The lowest BCUT2D eigenvalue weighted by Gasteiger charge is -2.32. The second-order valence-electron chi connectivity index (χ2n) is 7.16. The van der Waals surface area contributed by atoms with E-state index in [0.717, 1.165) is 49.2 Å². The Labute approximate surface area is 175 Å². The third-order valence-corrected chi connectivity index (χ3v) is 6.37. The normalized spacial score (nSPS) is 17.6. The summed E-state index contributed by atoms with van der Waals surface area (Å²) in [6.45, 7) is 5.65. The Bertz CT molecular complexity index is 750. The first-order valence-corrected chi connectivity index (χ1v) is 11.3. The SMILES string of the molecule is Cc1ccc(SCCNC(=O)C2CCCN(Cc3cccc(Br)c3)C2)cc1. The number of hydrogen-bond acceptors (Lipinski definition) is 3. The van der Waals surface area contributed by atoms with E-state index < -0.39 is 0 Å². The minimum absolute atomic E-state index is 0.107. The number of likely N-dealkylation sites (tertiary alicyclic amines) is 1. The Morgan fingerprint density at radius 2 is 2.07 bits per heavy atom. The summed E-state index contributed by atoms with van der Waals surface area (Å²) in [5.74, 6) is 1.22. The topological polar surface area (TPSA) is 32.3 Å². The molecule has 2 aromatic carbocycles. The molecule has 1 saturated heterocycles. The molecule has 1 fully saturated rings. The van der Waals surface area contributed by atoms with Gasteiger partial charge in [0.2, 0.25) is 5.91 Å². The van der Waals surface area contributed by atoms with Crippen LogP contribution in [-0.4, -0.2) is 36.2 Å². The average Bonchev–Trinajstić information content (AvgIpc) is 2.67. The maximum absolute atomic E-state index is 12.6. The van der Waals surface area contributed by atoms with Crippen LogP contribution in [0.25, 0.3) is 0 Å². The van der Waals surface area contributed by atoms with E-state index in [1.165, 1.54) is 16.0 Å². The van der Waals surface area contributed by atoms with Gasteiger partial charge in [0.15, 0.2) is 0 Å². The van der Waals surface area contributed by atoms with Gasteiger partial charge in [-0.1, -0.05) is 45.8 Å². The van der Waals surface area contributed by atoms with E-state index in [1.807, 2.05) is 6.07 Å². The van der Waals surface area contributed by atoms with E-state index in [4.69, 9.17) is 0 Å². The van der Waals surface area contributed by atoms with Gasteiger partial charge in [0, 0.05) is 34.8 Å². The molecule has 27 heavy (non-hydrogen) atoms. The maximum atomic E-state index is 12.6. The zero-order chi connectivity index (χ0) is 19.1. The van der Waals surface area contributed by atoms with Crippen LogP contribution in [-0.2, 0) is 11.3 Å². The monoisotopic (exact) mass is 446 g/mol. The van der Waals surface area contributed by atoms with Crippen LogP contribution in [0, 0.1) is 12.8 Å². The molecule has 0 bridgehead atoms. The van der Waals surface area contributed by atoms with Crippen molar-refractivity contribution >= 4 is 33.6 Å². The van der Waals surface area contributed by atoms with Crippen molar-refractivity contribution < 1.29 is 4.79 Å². The summed E-state index contributed by atoms with van der Waals surface area (Å²) in [4.78, 5) is 16.2. The van der Waals surface area contributed by atoms with Crippen molar-refractivity contribution in [3.63, 3.8) is 0 Å². The molecule has 1 aliphatic rings. The molecule has 3 rings (SSSR count). The minimum atomic E-state index is 0.107. The summed E-state index contributed by atoms with van der Waals surface area (Å²) >= 11 is 5.32. The number of nitrogens with one attached hydrogen (secondary N) is 1. The summed E-state index contributed by atoms with van der Waals surface area (Å²) in [5, 5.41) is 3.13. The molecule has 144 valence electrons. The molecule has 5 heteroatoms. The minimum Gasteiger partial charge on any atom is -0.355 e. The lowest BCUT2D eigenvalue weighted by atomic mass is 9.96. The first kappa shape index (κ1) is 20.4.